The third-order valence-electron chi connectivity index (χ3n) is 2.86. The standard InChI is InChI=1S/C12H15N5O4S/c1-9-7-15-16(8-9)3-2-14-10-4-11(17(18)19)6-12(5-10)22(13,20)21/h4-8,14H,2-3H2,1H3,(H2,13,20,21). The van der Waals surface area contributed by atoms with Crippen LogP contribution < -0.4 is 10.5 Å². The summed E-state index contributed by atoms with van der Waals surface area (Å²) in [6, 6.07) is 3.44. The Morgan fingerprint density at radius 2 is 2.14 bits per heavy atom. The van der Waals surface area contributed by atoms with Crippen LogP contribution >= 0.6 is 0 Å². The highest BCUT2D eigenvalue weighted by atomic mass is 32.2. The number of nitrogens with one attached hydrogen (secondary N) is 1. The third-order valence-corrected chi connectivity index (χ3v) is 3.76. The highest BCUT2D eigenvalue weighted by Gasteiger charge is 2.16. The monoisotopic (exact) mass is 325 g/mol. The van der Waals surface area contributed by atoms with Crippen LogP contribution in [0.5, 0.6) is 0 Å². The number of benzene rings is 1. The van der Waals surface area contributed by atoms with E-state index < -0.39 is 14.9 Å². The summed E-state index contributed by atoms with van der Waals surface area (Å²) in [6.45, 7) is 2.86. The molecule has 3 N–H and O–H groups in total. The molecule has 2 aromatic rings. The molecule has 0 radical (unpaired) electrons. The molecule has 0 aliphatic heterocycles. The lowest BCUT2D eigenvalue weighted by Gasteiger charge is -2.08. The molecule has 0 spiro atoms. The Morgan fingerprint density at radius 3 is 2.68 bits per heavy atom. The van der Waals surface area contributed by atoms with Gasteiger partial charge in [-0.05, 0) is 18.6 Å². The van der Waals surface area contributed by atoms with Gasteiger partial charge in [-0.1, -0.05) is 0 Å². The molecule has 1 aromatic heterocycles. The Bertz CT molecular complexity index is 800. The average Bonchev–Trinajstić information content (AvgIpc) is 2.83. The number of nitro benzene ring substituents is 1. The van der Waals surface area contributed by atoms with Crippen LogP contribution in [-0.4, -0.2) is 29.7 Å². The van der Waals surface area contributed by atoms with Gasteiger partial charge in [-0.25, -0.2) is 13.6 Å². The number of nitrogens with two attached hydrogens (primary N) is 1. The van der Waals surface area contributed by atoms with Crippen LogP contribution in [0.15, 0.2) is 35.5 Å². The van der Waals surface area contributed by atoms with Crippen LogP contribution in [0.4, 0.5) is 11.4 Å². The first kappa shape index (κ1) is 15.9. The minimum Gasteiger partial charge on any atom is -0.383 e. The molecule has 118 valence electrons. The Morgan fingerprint density at radius 1 is 1.41 bits per heavy atom. The number of nitrogens with zero attached hydrogens (tertiary/aromatic N) is 3. The number of non-ortho nitro benzene ring substituents is 1. The Hall–Kier alpha value is -2.46. The maximum Gasteiger partial charge on any atom is 0.272 e. The summed E-state index contributed by atoms with van der Waals surface area (Å²) in [5.41, 5.74) is 0.984. The molecule has 1 aromatic carbocycles. The highest BCUT2D eigenvalue weighted by molar-refractivity contribution is 7.89. The first-order valence-corrected chi connectivity index (χ1v) is 7.85. The van der Waals surface area contributed by atoms with Crippen molar-refractivity contribution in [1.29, 1.82) is 0 Å². The largest absolute Gasteiger partial charge is 0.383 e. The summed E-state index contributed by atoms with van der Waals surface area (Å²) >= 11 is 0. The average molecular weight is 325 g/mol. The van der Waals surface area contributed by atoms with Crippen molar-refractivity contribution in [1.82, 2.24) is 9.78 Å². The number of hydrogen-bond donors (Lipinski definition) is 2. The molecule has 0 atom stereocenters. The maximum absolute atomic E-state index is 11.4. The molecule has 0 saturated heterocycles. The van der Waals surface area contributed by atoms with Gasteiger partial charge in [-0.2, -0.15) is 5.10 Å². The number of anilines is 1. The van der Waals surface area contributed by atoms with E-state index in [4.69, 9.17) is 5.14 Å². The molecular formula is C12H15N5O4S. The van der Waals surface area contributed by atoms with Gasteiger partial charge in [-0.3, -0.25) is 14.8 Å². The van der Waals surface area contributed by atoms with Gasteiger partial charge in [0.15, 0.2) is 0 Å². The number of hydrogen-bond acceptors (Lipinski definition) is 6. The lowest BCUT2D eigenvalue weighted by atomic mass is 10.3. The normalized spacial score (nSPS) is 11.4. The van der Waals surface area contributed by atoms with Gasteiger partial charge < -0.3 is 5.32 Å². The van der Waals surface area contributed by atoms with Gasteiger partial charge in [0, 0.05) is 30.6 Å². The third kappa shape index (κ3) is 4.02. The van der Waals surface area contributed by atoms with Gasteiger partial charge in [0.05, 0.1) is 22.6 Å². The summed E-state index contributed by atoms with van der Waals surface area (Å²) in [5.74, 6) is 0. The van der Waals surface area contributed by atoms with E-state index in [0.717, 1.165) is 11.6 Å². The van der Waals surface area contributed by atoms with Crippen LogP contribution in [0, 0.1) is 17.0 Å². The van der Waals surface area contributed by atoms with Crippen molar-refractivity contribution in [3.8, 4) is 0 Å². The molecule has 0 fully saturated rings. The van der Waals surface area contributed by atoms with Crippen LogP contribution in [0.2, 0.25) is 0 Å². The minimum atomic E-state index is -4.02. The molecule has 0 saturated carbocycles. The van der Waals surface area contributed by atoms with E-state index in [1.165, 1.54) is 12.1 Å². The number of sulfonamides is 1. The van der Waals surface area contributed by atoms with E-state index in [9.17, 15) is 18.5 Å². The number of primary sulfonamides is 1. The van der Waals surface area contributed by atoms with Crippen molar-refractivity contribution in [2.24, 2.45) is 5.14 Å². The molecule has 0 aliphatic rings. The predicted octanol–water partition coefficient (Wildman–Crippen LogP) is 0.859. The Balaban J connectivity index is 2.15. The second-order valence-corrected chi connectivity index (χ2v) is 6.29. The van der Waals surface area contributed by atoms with Gasteiger partial charge in [0.1, 0.15) is 0 Å². The zero-order chi connectivity index (χ0) is 16.3. The fourth-order valence-electron chi connectivity index (χ4n) is 1.86. The van der Waals surface area contributed by atoms with Crippen LogP contribution in [0.1, 0.15) is 5.56 Å². The molecule has 0 amide bonds. The molecule has 10 heteroatoms. The first-order chi connectivity index (χ1) is 10.3. The highest BCUT2D eigenvalue weighted by Crippen LogP contribution is 2.23. The summed E-state index contributed by atoms with van der Waals surface area (Å²) in [7, 11) is -4.02. The van der Waals surface area contributed by atoms with Crippen molar-refractivity contribution in [2.45, 2.75) is 18.4 Å². The Labute approximate surface area is 126 Å². The zero-order valence-electron chi connectivity index (χ0n) is 11.8. The van der Waals surface area contributed by atoms with Gasteiger partial charge >= 0.3 is 0 Å². The maximum atomic E-state index is 11.4. The van der Waals surface area contributed by atoms with E-state index in [-0.39, 0.29) is 10.6 Å². The second-order valence-electron chi connectivity index (χ2n) is 4.73. The van der Waals surface area contributed by atoms with Crippen LogP contribution in [-0.2, 0) is 16.6 Å². The molecule has 0 unspecified atom stereocenters. The van der Waals surface area contributed by atoms with E-state index in [2.05, 4.69) is 10.4 Å². The molecule has 9 nitrogen and oxygen atoms in total. The summed E-state index contributed by atoms with van der Waals surface area (Å²) < 4.78 is 24.5. The number of rotatable bonds is 6. The molecule has 1 heterocycles. The second kappa shape index (κ2) is 6.12. The minimum absolute atomic E-state index is 0.306. The molecule has 2 rings (SSSR count). The zero-order valence-corrected chi connectivity index (χ0v) is 12.6. The van der Waals surface area contributed by atoms with Gasteiger partial charge in [-0.15, -0.1) is 0 Å². The summed E-state index contributed by atoms with van der Waals surface area (Å²) in [4.78, 5) is 9.88. The molecular weight excluding hydrogens is 310 g/mol. The van der Waals surface area contributed by atoms with Crippen molar-refractivity contribution in [3.05, 3.63) is 46.3 Å². The van der Waals surface area contributed by atoms with E-state index >= 15 is 0 Å². The van der Waals surface area contributed by atoms with Crippen molar-refractivity contribution in [2.75, 3.05) is 11.9 Å². The number of nitro groups is 1. The fraction of sp³-hybridized carbons (Fsp3) is 0.250. The van der Waals surface area contributed by atoms with Crippen molar-refractivity contribution in [3.63, 3.8) is 0 Å². The first-order valence-electron chi connectivity index (χ1n) is 6.31. The van der Waals surface area contributed by atoms with E-state index in [1.807, 2.05) is 13.1 Å². The predicted molar refractivity (Wildman–Crippen MR) is 79.9 cm³/mol. The van der Waals surface area contributed by atoms with Crippen molar-refractivity contribution >= 4 is 21.4 Å². The van der Waals surface area contributed by atoms with E-state index in [1.54, 1.807) is 10.9 Å². The van der Waals surface area contributed by atoms with Crippen LogP contribution in [0.3, 0.4) is 0 Å². The van der Waals surface area contributed by atoms with E-state index in [0.29, 0.717) is 18.8 Å². The smallest absolute Gasteiger partial charge is 0.272 e. The molecule has 0 bridgehead atoms. The van der Waals surface area contributed by atoms with Crippen molar-refractivity contribution < 1.29 is 13.3 Å². The van der Waals surface area contributed by atoms with Gasteiger partial charge in [0.25, 0.3) is 5.69 Å². The topological polar surface area (TPSA) is 133 Å². The molecule has 22 heavy (non-hydrogen) atoms. The molecule has 0 aliphatic carbocycles. The van der Waals surface area contributed by atoms with Gasteiger partial charge in [0.2, 0.25) is 10.0 Å². The number of aromatic nitrogens is 2. The fourth-order valence-corrected chi connectivity index (χ4v) is 2.44. The summed E-state index contributed by atoms with van der Waals surface area (Å²) in [5, 5.41) is 22.9. The SMILES string of the molecule is Cc1cnn(CCNc2cc([N+](=O)[O-])cc(S(N)(=O)=O)c2)c1. The quantitative estimate of drug-likeness (QED) is 0.597. The number of aryl methyl sites for hydroxylation is 1. The lowest BCUT2D eigenvalue weighted by molar-refractivity contribution is -0.385. The lowest BCUT2D eigenvalue weighted by Crippen LogP contribution is -2.14. The van der Waals surface area contributed by atoms with Crippen LogP contribution in [0.25, 0.3) is 0 Å². The summed E-state index contributed by atoms with van der Waals surface area (Å²) in [6.07, 6.45) is 3.57. The Kier molecular flexibility index (Phi) is 4.43.